The number of aromatic amines is 1. The Kier molecular flexibility index (Phi) is 5.83. The summed E-state index contributed by atoms with van der Waals surface area (Å²) in [6, 6.07) is 15.1. The zero-order chi connectivity index (χ0) is 22.9. The Labute approximate surface area is 194 Å². The van der Waals surface area contributed by atoms with Crippen LogP contribution in [-0.4, -0.2) is 52.8 Å². The third-order valence-electron chi connectivity index (χ3n) is 7.06. The molecule has 1 aromatic heterocycles. The van der Waals surface area contributed by atoms with Crippen LogP contribution in [0.25, 0.3) is 10.9 Å². The summed E-state index contributed by atoms with van der Waals surface area (Å²) in [6.07, 6.45) is 4.85. The Morgan fingerprint density at radius 1 is 1.03 bits per heavy atom. The fourth-order valence-electron chi connectivity index (χ4n) is 5.46. The second kappa shape index (κ2) is 8.93. The van der Waals surface area contributed by atoms with Crippen molar-refractivity contribution in [2.75, 3.05) is 20.2 Å². The highest BCUT2D eigenvalue weighted by atomic mass is 16.5. The first-order valence-corrected chi connectivity index (χ1v) is 12.0. The summed E-state index contributed by atoms with van der Waals surface area (Å²) in [5.74, 6) is 0.771. The molecule has 0 saturated carbocycles. The van der Waals surface area contributed by atoms with Crippen molar-refractivity contribution in [1.82, 2.24) is 14.8 Å². The summed E-state index contributed by atoms with van der Waals surface area (Å²) < 4.78 is 5.68. The van der Waals surface area contributed by atoms with Crippen LogP contribution in [0.4, 0.5) is 0 Å². The minimum Gasteiger partial charge on any atom is -0.496 e. The smallest absolute Gasteiger partial charge is 0.246 e. The van der Waals surface area contributed by atoms with E-state index in [2.05, 4.69) is 24.0 Å². The number of piperazine rings is 1. The van der Waals surface area contributed by atoms with E-state index in [4.69, 9.17) is 4.74 Å². The van der Waals surface area contributed by atoms with E-state index in [-0.39, 0.29) is 24.4 Å². The molecular formula is C27H31N3O3. The first-order chi connectivity index (χ1) is 16.1. The van der Waals surface area contributed by atoms with E-state index in [0.29, 0.717) is 13.0 Å². The number of nitrogens with zero attached hydrogens (tertiary/aromatic N) is 2. The number of fused-ring (bicyclic) bond motifs is 4. The number of aromatic nitrogens is 1. The van der Waals surface area contributed by atoms with Crippen LogP contribution in [0, 0.1) is 0 Å². The molecule has 3 heterocycles. The summed E-state index contributed by atoms with van der Waals surface area (Å²) in [5.41, 5.74) is 4.03. The van der Waals surface area contributed by atoms with E-state index in [1.165, 1.54) is 0 Å². The molecule has 0 bridgehead atoms. The Bertz CT molecular complexity index is 1180. The van der Waals surface area contributed by atoms with Crippen molar-refractivity contribution in [2.45, 2.75) is 51.1 Å². The lowest BCUT2D eigenvalue weighted by atomic mass is 9.86. The van der Waals surface area contributed by atoms with Gasteiger partial charge >= 0.3 is 0 Å². The minimum absolute atomic E-state index is 0.00435. The standard InChI is InChI=1S/C27H31N3O3/c1-3-4-5-10-15-29-17-24(31)30-22(27(29)32)16-20-18-11-6-8-13-21(18)28-25(20)26(30)19-12-7-9-14-23(19)33-2/h6-9,11-14,22,26,28H,3-5,10,15-17H2,1-2H3/t22-,26+/m0/s1. The van der Waals surface area contributed by atoms with E-state index in [9.17, 15) is 9.59 Å². The topological polar surface area (TPSA) is 65.6 Å². The molecule has 1 saturated heterocycles. The average Bonchev–Trinajstić information content (AvgIpc) is 3.22. The van der Waals surface area contributed by atoms with Crippen LogP contribution in [0.1, 0.15) is 55.5 Å². The van der Waals surface area contributed by atoms with Crippen LogP contribution in [0.3, 0.4) is 0 Å². The zero-order valence-corrected chi connectivity index (χ0v) is 19.3. The van der Waals surface area contributed by atoms with Crippen molar-refractivity contribution in [1.29, 1.82) is 0 Å². The fraction of sp³-hybridized carbons (Fsp3) is 0.407. The molecule has 2 atom stereocenters. The Morgan fingerprint density at radius 2 is 1.82 bits per heavy atom. The molecule has 0 unspecified atom stereocenters. The van der Waals surface area contributed by atoms with Crippen LogP contribution < -0.4 is 4.74 Å². The Hall–Kier alpha value is -3.28. The molecule has 172 valence electrons. The molecule has 0 radical (unpaired) electrons. The highest BCUT2D eigenvalue weighted by Crippen LogP contribution is 2.44. The lowest BCUT2D eigenvalue weighted by Crippen LogP contribution is -2.63. The van der Waals surface area contributed by atoms with Gasteiger partial charge in [0.1, 0.15) is 17.8 Å². The van der Waals surface area contributed by atoms with Crippen molar-refractivity contribution in [3.05, 3.63) is 65.4 Å². The number of nitrogens with one attached hydrogen (secondary N) is 1. The maximum Gasteiger partial charge on any atom is 0.246 e. The summed E-state index contributed by atoms with van der Waals surface area (Å²) in [7, 11) is 1.65. The molecule has 33 heavy (non-hydrogen) atoms. The van der Waals surface area contributed by atoms with Gasteiger partial charge in [-0.1, -0.05) is 62.6 Å². The molecule has 3 aromatic rings. The van der Waals surface area contributed by atoms with Crippen molar-refractivity contribution in [3.8, 4) is 5.75 Å². The fourth-order valence-corrected chi connectivity index (χ4v) is 5.46. The minimum atomic E-state index is -0.501. The molecule has 2 aliphatic heterocycles. The third kappa shape index (κ3) is 3.67. The van der Waals surface area contributed by atoms with Crippen molar-refractivity contribution < 1.29 is 14.3 Å². The number of ether oxygens (including phenoxy) is 1. The Morgan fingerprint density at radius 3 is 2.64 bits per heavy atom. The number of hydrogen-bond donors (Lipinski definition) is 1. The zero-order valence-electron chi connectivity index (χ0n) is 19.3. The maximum absolute atomic E-state index is 13.7. The average molecular weight is 446 g/mol. The quantitative estimate of drug-likeness (QED) is 0.547. The van der Waals surface area contributed by atoms with Gasteiger partial charge in [0.15, 0.2) is 0 Å². The van der Waals surface area contributed by atoms with E-state index >= 15 is 0 Å². The molecule has 6 nitrogen and oxygen atoms in total. The number of carbonyl (C=O) groups is 2. The van der Waals surface area contributed by atoms with Gasteiger partial charge in [-0.15, -0.1) is 0 Å². The Balaban J connectivity index is 1.59. The van der Waals surface area contributed by atoms with Gasteiger partial charge in [0.2, 0.25) is 11.8 Å². The monoisotopic (exact) mass is 445 g/mol. The van der Waals surface area contributed by atoms with Crippen LogP contribution >= 0.6 is 0 Å². The highest BCUT2D eigenvalue weighted by molar-refractivity contribution is 5.97. The van der Waals surface area contributed by atoms with Gasteiger partial charge in [-0.2, -0.15) is 0 Å². The van der Waals surface area contributed by atoms with Crippen LogP contribution in [-0.2, 0) is 16.0 Å². The van der Waals surface area contributed by atoms with E-state index in [0.717, 1.165) is 59.2 Å². The van der Waals surface area contributed by atoms with Gasteiger partial charge < -0.3 is 19.5 Å². The van der Waals surface area contributed by atoms with Crippen molar-refractivity contribution in [3.63, 3.8) is 0 Å². The number of unbranched alkanes of at least 4 members (excludes halogenated alkanes) is 3. The van der Waals surface area contributed by atoms with Crippen LogP contribution in [0.15, 0.2) is 48.5 Å². The van der Waals surface area contributed by atoms with E-state index in [1.807, 2.05) is 36.4 Å². The van der Waals surface area contributed by atoms with Gasteiger partial charge in [0, 0.05) is 35.1 Å². The summed E-state index contributed by atoms with van der Waals surface area (Å²) in [6.45, 7) is 2.96. The molecule has 6 heteroatoms. The molecule has 0 spiro atoms. The van der Waals surface area contributed by atoms with Gasteiger partial charge in [-0.3, -0.25) is 9.59 Å². The number of rotatable bonds is 7. The number of para-hydroxylation sites is 2. The highest BCUT2D eigenvalue weighted by Gasteiger charge is 2.48. The number of benzene rings is 2. The number of amides is 2. The second-order valence-corrected chi connectivity index (χ2v) is 9.05. The molecule has 1 N–H and O–H groups in total. The molecule has 2 aromatic carbocycles. The normalized spacial score (nSPS) is 20.2. The number of H-pyrrole nitrogens is 1. The van der Waals surface area contributed by atoms with E-state index in [1.54, 1.807) is 16.9 Å². The largest absolute Gasteiger partial charge is 0.496 e. The van der Waals surface area contributed by atoms with E-state index < -0.39 is 6.04 Å². The lowest BCUT2D eigenvalue weighted by Gasteiger charge is -2.47. The summed E-state index contributed by atoms with van der Waals surface area (Å²) >= 11 is 0. The van der Waals surface area contributed by atoms with Gasteiger partial charge in [0.05, 0.1) is 13.7 Å². The van der Waals surface area contributed by atoms with Crippen LogP contribution in [0.5, 0.6) is 5.75 Å². The molecule has 2 amide bonds. The van der Waals surface area contributed by atoms with Crippen molar-refractivity contribution >= 4 is 22.7 Å². The maximum atomic E-state index is 13.7. The molecule has 0 aliphatic carbocycles. The summed E-state index contributed by atoms with van der Waals surface area (Å²) in [5, 5.41) is 1.12. The number of carbonyl (C=O) groups excluding carboxylic acids is 2. The van der Waals surface area contributed by atoms with Crippen molar-refractivity contribution in [2.24, 2.45) is 0 Å². The SMILES string of the molecule is CCCCCCN1CC(=O)N2[C@H](c3ccccc3OC)c3[nH]c4ccccc4c3C[C@H]2C1=O. The predicted octanol–water partition coefficient (Wildman–Crippen LogP) is 4.44. The third-order valence-corrected chi connectivity index (χ3v) is 7.06. The van der Waals surface area contributed by atoms with Gasteiger partial charge in [-0.05, 0) is 24.1 Å². The van der Waals surface area contributed by atoms with Gasteiger partial charge in [0.25, 0.3) is 0 Å². The number of methoxy groups -OCH3 is 1. The first-order valence-electron chi connectivity index (χ1n) is 12.0. The first kappa shape index (κ1) is 21.6. The molecule has 1 fully saturated rings. The molecule has 5 rings (SSSR count). The van der Waals surface area contributed by atoms with Crippen LogP contribution in [0.2, 0.25) is 0 Å². The summed E-state index contributed by atoms with van der Waals surface area (Å²) in [4.78, 5) is 34.4. The lowest BCUT2D eigenvalue weighted by molar-refractivity contribution is -0.158. The van der Waals surface area contributed by atoms with Gasteiger partial charge in [-0.25, -0.2) is 0 Å². The molecular weight excluding hydrogens is 414 g/mol. The molecule has 2 aliphatic rings. The second-order valence-electron chi connectivity index (χ2n) is 9.05. The number of hydrogen-bond acceptors (Lipinski definition) is 3. The predicted molar refractivity (Wildman–Crippen MR) is 128 cm³/mol.